The first kappa shape index (κ1) is 8.88. The van der Waals surface area contributed by atoms with Crippen molar-refractivity contribution in [3.05, 3.63) is 0 Å². The van der Waals surface area contributed by atoms with Gasteiger partial charge in [-0.2, -0.15) is 0 Å². The minimum Gasteiger partial charge on any atom is -0.394 e. The molecule has 0 unspecified atom stereocenters. The zero-order chi connectivity index (χ0) is 7.28. The van der Waals surface area contributed by atoms with Gasteiger partial charge in [0.1, 0.15) is 6.10 Å². The SMILES string of the molecule is CC(C)OC[C@@H](O)CO. The van der Waals surface area contributed by atoms with E-state index in [-0.39, 0.29) is 19.3 Å². The topological polar surface area (TPSA) is 49.7 Å². The Labute approximate surface area is 55.3 Å². The highest BCUT2D eigenvalue weighted by molar-refractivity contribution is 4.49. The number of ether oxygens (including phenoxy) is 1. The maximum absolute atomic E-state index is 8.73. The lowest BCUT2D eigenvalue weighted by molar-refractivity contribution is -0.0167. The molecule has 9 heavy (non-hydrogen) atoms. The van der Waals surface area contributed by atoms with E-state index in [1.54, 1.807) is 0 Å². The first-order valence-corrected chi connectivity index (χ1v) is 3.07. The fourth-order valence-electron chi connectivity index (χ4n) is 0.356. The number of hydrogen-bond donors (Lipinski definition) is 2. The maximum atomic E-state index is 8.73. The van der Waals surface area contributed by atoms with Gasteiger partial charge in [0.25, 0.3) is 0 Å². The van der Waals surface area contributed by atoms with Crippen molar-refractivity contribution < 1.29 is 14.9 Å². The number of hydrogen-bond acceptors (Lipinski definition) is 3. The first-order valence-electron chi connectivity index (χ1n) is 3.07. The average Bonchev–Trinajstić information content (AvgIpc) is 1.83. The summed E-state index contributed by atoms with van der Waals surface area (Å²) in [6.45, 7) is 3.75. The Hall–Kier alpha value is -0.120. The van der Waals surface area contributed by atoms with Crippen LogP contribution in [-0.4, -0.2) is 35.6 Å². The number of aliphatic hydroxyl groups is 2. The third-order valence-electron chi connectivity index (χ3n) is 0.833. The first-order chi connectivity index (χ1) is 4.16. The summed E-state index contributed by atoms with van der Waals surface area (Å²) >= 11 is 0. The van der Waals surface area contributed by atoms with E-state index in [0.29, 0.717) is 0 Å². The van der Waals surface area contributed by atoms with Gasteiger partial charge in [0.2, 0.25) is 0 Å². The molecule has 0 aliphatic heterocycles. The van der Waals surface area contributed by atoms with Gasteiger partial charge in [0, 0.05) is 0 Å². The standard InChI is InChI=1S/C6H14O3/c1-5(2)9-4-6(8)3-7/h5-8H,3-4H2,1-2H3/t6-/m0/s1. The summed E-state index contributed by atoms with van der Waals surface area (Å²) in [7, 11) is 0. The molecule has 0 aliphatic rings. The van der Waals surface area contributed by atoms with Crippen LogP contribution in [0.4, 0.5) is 0 Å². The van der Waals surface area contributed by atoms with E-state index in [1.165, 1.54) is 0 Å². The molecule has 0 amide bonds. The highest BCUT2D eigenvalue weighted by Crippen LogP contribution is 1.89. The van der Waals surface area contributed by atoms with E-state index < -0.39 is 6.10 Å². The zero-order valence-electron chi connectivity index (χ0n) is 5.87. The third-order valence-corrected chi connectivity index (χ3v) is 0.833. The van der Waals surface area contributed by atoms with Gasteiger partial charge >= 0.3 is 0 Å². The molecule has 1 atom stereocenters. The van der Waals surface area contributed by atoms with E-state index in [1.807, 2.05) is 13.8 Å². The lowest BCUT2D eigenvalue weighted by atomic mass is 10.4. The number of rotatable bonds is 4. The molecule has 0 aromatic heterocycles. The van der Waals surface area contributed by atoms with Gasteiger partial charge in [-0.05, 0) is 13.8 Å². The molecule has 0 heterocycles. The highest BCUT2D eigenvalue weighted by Gasteiger charge is 2.01. The van der Waals surface area contributed by atoms with Crippen molar-refractivity contribution >= 4 is 0 Å². The maximum Gasteiger partial charge on any atom is 0.100 e. The molecule has 3 heteroatoms. The second-order valence-electron chi connectivity index (χ2n) is 2.22. The van der Waals surface area contributed by atoms with Crippen LogP contribution < -0.4 is 0 Å². The summed E-state index contributed by atoms with van der Waals surface area (Å²) in [5.74, 6) is 0. The molecule has 56 valence electrons. The van der Waals surface area contributed by atoms with Gasteiger partial charge in [-0.15, -0.1) is 0 Å². The molecule has 0 aromatic rings. The minimum absolute atomic E-state index is 0.117. The van der Waals surface area contributed by atoms with Gasteiger partial charge in [-0.1, -0.05) is 0 Å². The molecule has 0 aromatic carbocycles. The molecule has 0 aliphatic carbocycles. The van der Waals surface area contributed by atoms with Crippen molar-refractivity contribution in [3.8, 4) is 0 Å². The van der Waals surface area contributed by atoms with Crippen molar-refractivity contribution in [3.63, 3.8) is 0 Å². The van der Waals surface area contributed by atoms with E-state index >= 15 is 0 Å². The molecule has 0 spiro atoms. The van der Waals surface area contributed by atoms with Crippen molar-refractivity contribution in [1.82, 2.24) is 0 Å². The highest BCUT2D eigenvalue weighted by atomic mass is 16.5. The summed E-state index contributed by atoms with van der Waals surface area (Å²) in [6, 6.07) is 0. The van der Waals surface area contributed by atoms with E-state index in [2.05, 4.69) is 0 Å². The monoisotopic (exact) mass is 134 g/mol. The molecular weight excluding hydrogens is 120 g/mol. The van der Waals surface area contributed by atoms with Gasteiger partial charge in [-0.25, -0.2) is 0 Å². The van der Waals surface area contributed by atoms with Crippen LogP contribution in [0.5, 0.6) is 0 Å². The van der Waals surface area contributed by atoms with Crippen LogP contribution in [0.15, 0.2) is 0 Å². The van der Waals surface area contributed by atoms with Crippen LogP contribution in [0, 0.1) is 0 Å². The quantitative estimate of drug-likeness (QED) is 0.558. The minimum atomic E-state index is -0.729. The summed E-state index contributed by atoms with van der Waals surface area (Å²) in [5, 5.41) is 17.0. The van der Waals surface area contributed by atoms with Crippen molar-refractivity contribution in [2.24, 2.45) is 0 Å². The molecule has 0 saturated carbocycles. The Morgan fingerprint density at radius 3 is 2.33 bits per heavy atom. The lowest BCUT2D eigenvalue weighted by Crippen LogP contribution is -2.21. The Balaban J connectivity index is 3.06. The van der Waals surface area contributed by atoms with Crippen molar-refractivity contribution in [2.45, 2.75) is 26.1 Å². The van der Waals surface area contributed by atoms with Crippen LogP contribution in [0.2, 0.25) is 0 Å². The summed E-state index contributed by atoms with van der Waals surface area (Å²) in [6.07, 6.45) is -0.612. The Morgan fingerprint density at radius 1 is 1.44 bits per heavy atom. The second-order valence-corrected chi connectivity index (χ2v) is 2.22. The van der Waals surface area contributed by atoms with Crippen LogP contribution in [0.3, 0.4) is 0 Å². The Morgan fingerprint density at radius 2 is 2.00 bits per heavy atom. The largest absolute Gasteiger partial charge is 0.394 e. The van der Waals surface area contributed by atoms with Crippen LogP contribution in [-0.2, 0) is 4.74 Å². The van der Waals surface area contributed by atoms with Gasteiger partial charge in [0.05, 0.1) is 19.3 Å². The number of aliphatic hydroxyl groups excluding tert-OH is 2. The molecule has 0 fully saturated rings. The van der Waals surface area contributed by atoms with Crippen molar-refractivity contribution in [2.75, 3.05) is 13.2 Å². The van der Waals surface area contributed by atoms with Crippen LogP contribution in [0.1, 0.15) is 13.8 Å². The third kappa shape index (κ3) is 5.76. The van der Waals surface area contributed by atoms with E-state index in [9.17, 15) is 0 Å². The molecule has 0 bridgehead atoms. The lowest BCUT2D eigenvalue weighted by Gasteiger charge is -2.10. The van der Waals surface area contributed by atoms with Gasteiger partial charge in [0.15, 0.2) is 0 Å². The Kier molecular flexibility index (Phi) is 4.67. The molecule has 3 nitrogen and oxygen atoms in total. The molecular formula is C6H14O3. The van der Waals surface area contributed by atoms with Gasteiger partial charge < -0.3 is 14.9 Å². The zero-order valence-corrected chi connectivity index (χ0v) is 5.87. The fraction of sp³-hybridized carbons (Fsp3) is 1.00. The fourth-order valence-corrected chi connectivity index (χ4v) is 0.356. The smallest absolute Gasteiger partial charge is 0.100 e. The summed E-state index contributed by atoms with van der Waals surface area (Å²) in [5.41, 5.74) is 0. The van der Waals surface area contributed by atoms with Crippen LogP contribution >= 0.6 is 0 Å². The van der Waals surface area contributed by atoms with Crippen LogP contribution in [0.25, 0.3) is 0 Å². The van der Waals surface area contributed by atoms with E-state index in [0.717, 1.165) is 0 Å². The normalized spacial score (nSPS) is 14.3. The predicted octanol–water partition coefficient (Wildman–Crippen LogP) is -0.235. The summed E-state index contributed by atoms with van der Waals surface area (Å²) in [4.78, 5) is 0. The molecule has 0 radical (unpaired) electrons. The molecule has 0 rings (SSSR count). The molecule has 0 saturated heterocycles. The Bertz CT molecular complexity index is 63.3. The average molecular weight is 134 g/mol. The van der Waals surface area contributed by atoms with Crippen molar-refractivity contribution in [1.29, 1.82) is 0 Å². The second kappa shape index (κ2) is 4.73. The van der Waals surface area contributed by atoms with Gasteiger partial charge in [-0.3, -0.25) is 0 Å². The van der Waals surface area contributed by atoms with E-state index in [4.69, 9.17) is 14.9 Å². The molecule has 2 N–H and O–H groups in total. The summed E-state index contributed by atoms with van der Waals surface area (Å²) < 4.78 is 4.98. The predicted molar refractivity (Wildman–Crippen MR) is 34.2 cm³/mol.